The van der Waals surface area contributed by atoms with Gasteiger partial charge in [0, 0.05) is 37.5 Å². The number of pyridine rings is 1. The topological polar surface area (TPSA) is 121 Å². The molecule has 1 saturated carbocycles. The number of nitrogens with one attached hydrogen (secondary N) is 2. The Bertz CT molecular complexity index is 1520. The second-order valence-electron chi connectivity index (χ2n) is 14.6. The van der Waals surface area contributed by atoms with Crippen LogP contribution < -0.4 is 10.6 Å². The highest BCUT2D eigenvalue weighted by Crippen LogP contribution is 2.29. The van der Waals surface area contributed by atoms with Crippen molar-refractivity contribution in [2.45, 2.75) is 116 Å². The quantitative estimate of drug-likeness (QED) is 0.137. The minimum absolute atomic E-state index is 0.00462. The van der Waals surface area contributed by atoms with Crippen molar-refractivity contribution in [2.24, 2.45) is 17.8 Å². The summed E-state index contributed by atoms with van der Waals surface area (Å²) in [6.45, 7) is 8.73. The molecule has 1 aromatic heterocycles. The maximum absolute atomic E-state index is 13.9. The van der Waals surface area contributed by atoms with Crippen molar-refractivity contribution in [3.8, 4) is 0 Å². The number of rotatable bonds is 18. The first-order valence-corrected chi connectivity index (χ1v) is 18.6. The number of amides is 3. The van der Waals surface area contributed by atoms with Gasteiger partial charge in [-0.3, -0.25) is 19.4 Å². The molecule has 6 atom stereocenters. The average molecular weight is 687 g/mol. The lowest BCUT2D eigenvalue weighted by Crippen LogP contribution is -2.54. The second-order valence-corrected chi connectivity index (χ2v) is 14.6. The van der Waals surface area contributed by atoms with E-state index < -0.39 is 30.2 Å². The highest BCUT2D eigenvalue weighted by atomic mass is 16.5. The number of nitrogens with zero attached hydrogens (tertiary/aromatic N) is 2. The van der Waals surface area contributed by atoms with Crippen molar-refractivity contribution >= 4 is 28.6 Å². The lowest BCUT2D eigenvalue weighted by molar-refractivity contribution is -0.143. The molecule has 0 spiro atoms. The average Bonchev–Trinajstić information content (AvgIpc) is 3.10. The predicted octanol–water partition coefficient (Wildman–Crippen LogP) is 6.21. The van der Waals surface area contributed by atoms with Gasteiger partial charge in [0.05, 0.1) is 17.5 Å². The van der Waals surface area contributed by atoms with Crippen molar-refractivity contribution in [3.63, 3.8) is 0 Å². The van der Waals surface area contributed by atoms with Gasteiger partial charge in [-0.2, -0.15) is 0 Å². The molecule has 9 nitrogen and oxygen atoms in total. The normalized spacial score (nSPS) is 18.6. The zero-order chi connectivity index (χ0) is 36.0. The molecule has 1 heterocycles. The monoisotopic (exact) mass is 686 g/mol. The predicted molar refractivity (Wildman–Crippen MR) is 198 cm³/mol. The van der Waals surface area contributed by atoms with Crippen LogP contribution >= 0.6 is 0 Å². The lowest BCUT2D eigenvalue weighted by Gasteiger charge is -2.35. The number of hydrogen-bond acceptors (Lipinski definition) is 6. The summed E-state index contributed by atoms with van der Waals surface area (Å²) in [6, 6.07) is 20.7. The zero-order valence-corrected chi connectivity index (χ0v) is 30.6. The minimum atomic E-state index is -1.21. The summed E-state index contributed by atoms with van der Waals surface area (Å²) in [5.74, 6) is -0.998. The molecule has 4 rings (SSSR count). The Labute approximate surface area is 298 Å². The van der Waals surface area contributed by atoms with Gasteiger partial charge in [0.2, 0.25) is 17.7 Å². The molecule has 1 fully saturated rings. The summed E-state index contributed by atoms with van der Waals surface area (Å²) in [5, 5.41) is 18.0. The number of aliphatic hydroxyl groups excluding tert-OH is 1. The molecular weight excluding hydrogens is 628 g/mol. The van der Waals surface area contributed by atoms with Gasteiger partial charge in [-0.1, -0.05) is 102 Å². The van der Waals surface area contributed by atoms with E-state index in [2.05, 4.69) is 31.4 Å². The van der Waals surface area contributed by atoms with Crippen LogP contribution in [0.4, 0.5) is 0 Å². The Balaban J connectivity index is 1.41. The van der Waals surface area contributed by atoms with Crippen LogP contribution in [0, 0.1) is 17.8 Å². The van der Waals surface area contributed by atoms with Gasteiger partial charge < -0.3 is 25.4 Å². The van der Waals surface area contributed by atoms with Crippen LogP contribution in [-0.2, 0) is 32.0 Å². The highest BCUT2D eigenvalue weighted by molar-refractivity contribution is 5.91. The lowest BCUT2D eigenvalue weighted by atomic mass is 9.87. The number of likely N-dealkylation sites (N-methyl/N-ethyl adjacent to an activating group) is 1. The Kier molecular flexibility index (Phi) is 15.2. The molecule has 6 unspecified atom stereocenters. The summed E-state index contributed by atoms with van der Waals surface area (Å²) in [5.41, 5.74) is 2.74. The van der Waals surface area contributed by atoms with E-state index >= 15 is 0 Å². The van der Waals surface area contributed by atoms with Crippen molar-refractivity contribution in [3.05, 3.63) is 78.0 Å². The van der Waals surface area contributed by atoms with Crippen LogP contribution in [0.3, 0.4) is 0 Å². The van der Waals surface area contributed by atoms with E-state index in [-0.39, 0.29) is 30.3 Å². The van der Waals surface area contributed by atoms with E-state index in [0.29, 0.717) is 44.6 Å². The summed E-state index contributed by atoms with van der Waals surface area (Å²) < 4.78 is 6.44. The third kappa shape index (κ3) is 11.9. The van der Waals surface area contributed by atoms with Crippen LogP contribution in [0.5, 0.6) is 0 Å². The number of ether oxygens (including phenoxy) is 1. The largest absolute Gasteiger partial charge is 0.371 e. The Hall–Kier alpha value is -3.82. The number of hydrogen-bond donors (Lipinski definition) is 3. The van der Waals surface area contributed by atoms with Gasteiger partial charge in [-0.25, -0.2) is 0 Å². The Morgan fingerprint density at radius 3 is 2.40 bits per heavy atom. The molecule has 1 aliphatic carbocycles. The number of aromatic nitrogens is 1. The summed E-state index contributed by atoms with van der Waals surface area (Å²) in [6.07, 6.45) is 5.19. The molecule has 50 heavy (non-hydrogen) atoms. The van der Waals surface area contributed by atoms with Gasteiger partial charge in [-0.15, -0.1) is 0 Å². The minimum Gasteiger partial charge on any atom is -0.371 e. The molecule has 272 valence electrons. The van der Waals surface area contributed by atoms with Crippen LogP contribution in [0.25, 0.3) is 10.9 Å². The first kappa shape index (κ1) is 39.0. The molecule has 9 heteroatoms. The number of carbonyl (C=O) groups excluding carboxylic acids is 3. The van der Waals surface area contributed by atoms with E-state index in [1.807, 2.05) is 73.7 Å². The summed E-state index contributed by atoms with van der Waals surface area (Å²) in [4.78, 5) is 47.4. The maximum Gasteiger partial charge on any atom is 0.244 e. The van der Waals surface area contributed by atoms with E-state index in [4.69, 9.17) is 9.72 Å². The van der Waals surface area contributed by atoms with Crippen LogP contribution in [-0.4, -0.2) is 70.8 Å². The fourth-order valence-electron chi connectivity index (χ4n) is 6.80. The molecule has 0 saturated heterocycles. The van der Waals surface area contributed by atoms with Crippen molar-refractivity contribution in [2.75, 3.05) is 13.6 Å². The van der Waals surface area contributed by atoms with Gasteiger partial charge in [0.25, 0.3) is 0 Å². The number of carbonyl (C=O) groups is 3. The molecule has 3 N–H and O–H groups in total. The highest BCUT2D eigenvalue weighted by Gasteiger charge is 2.33. The first-order chi connectivity index (χ1) is 24.0. The summed E-state index contributed by atoms with van der Waals surface area (Å²) >= 11 is 0. The fourth-order valence-corrected chi connectivity index (χ4v) is 6.80. The van der Waals surface area contributed by atoms with Crippen LogP contribution in [0.2, 0.25) is 0 Å². The Morgan fingerprint density at radius 2 is 1.68 bits per heavy atom. The van der Waals surface area contributed by atoms with Crippen LogP contribution in [0.1, 0.15) is 90.3 Å². The van der Waals surface area contributed by atoms with E-state index in [9.17, 15) is 19.5 Å². The summed E-state index contributed by atoms with van der Waals surface area (Å²) in [7, 11) is 1.75. The SMILES string of the molecule is CCCC(NC(=O)C(CC(=O)N(C)CCc1ccc2ccccc2n1)Cc1ccccc1)C(=O)NC(O)C(CC(C)C)OC1CCCCC1C. The van der Waals surface area contributed by atoms with Gasteiger partial charge >= 0.3 is 0 Å². The number of para-hydroxylation sites is 1. The molecule has 2 aromatic carbocycles. The first-order valence-electron chi connectivity index (χ1n) is 18.6. The molecule has 0 bridgehead atoms. The second kappa shape index (κ2) is 19.5. The van der Waals surface area contributed by atoms with Gasteiger partial charge in [-0.05, 0) is 61.6 Å². The molecular formula is C41H58N4O5. The standard InChI is InChI=1S/C41H58N4O5/c1-6-14-35(40(48)44-41(49)37(25-28(2)3)50-36-20-13-10-15-29(36)4)43-39(47)32(26-30-16-8-7-9-17-30)27-38(46)45(5)24-23-33-22-21-31-18-11-12-19-34(31)42-33/h7-9,11-12,16-19,21-22,28-29,32,35-37,41,49H,6,10,13-15,20,23-27H2,1-5H3,(H,43,47)(H,44,48). The smallest absolute Gasteiger partial charge is 0.244 e. The molecule has 0 aliphatic heterocycles. The molecule has 1 aliphatic rings. The van der Waals surface area contributed by atoms with E-state index in [1.54, 1.807) is 11.9 Å². The molecule has 0 radical (unpaired) electrons. The van der Waals surface area contributed by atoms with Gasteiger partial charge in [0.1, 0.15) is 12.1 Å². The number of aliphatic hydroxyl groups is 1. The number of fused-ring (bicyclic) bond motifs is 1. The zero-order valence-electron chi connectivity index (χ0n) is 30.6. The fraction of sp³-hybridized carbons (Fsp3) is 0.561. The van der Waals surface area contributed by atoms with Crippen molar-refractivity contribution < 1.29 is 24.2 Å². The maximum atomic E-state index is 13.9. The van der Waals surface area contributed by atoms with E-state index in [1.165, 1.54) is 6.42 Å². The van der Waals surface area contributed by atoms with E-state index in [0.717, 1.165) is 41.4 Å². The van der Waals surface area contributed by atoms with Crippen molar-refractivity contribution in [1.29, 1.82) is 0 Å². The van der Waals surface area contributed by atoms with Crippen molar-refractivity contribution in [1.82, 2.24) is 20.5 Å². The van der Waals surface area contributed by atoms with Crippen LogP contribution in [0.15, 0.2) is 66.7 Å². The third-order valence-electron chi connectivity index (χ3n) is 9.84. The Morgan fingerprint density at radius 1 is 0.960 bits per heavy atom. The van der Waals surface area contributed by atoms with Gasteiger partial charge in [0.15, 0.2) is 6.23 Å². The molecule has 3 aromatic rings. The number of benzene rings is 2. The molecule has 3 amide bonds. The third-order valence-corrected chi connectivity index (χ3v) is 9.84.